The maximum Gasteiger partial charge on any atom is 0.115 e. The van der Waals surface area contributed by atoms with Gasteiger partial charge in [0.1, 0.15) is 5.01 Å². The average molecular weight is 310 g/mol. The number of nitrogens with zero attached hydrogens (tertiary/aromatic N) is 3. The first-order chi connectivity index (χ1) is 8.34. The number of thiazole rings is 1. The molecule has 2 aromatic heterocycles. The zero-order valence-corrected chi connectivity index (χ0v) is 11.6. The Morgan fingerprint density at radius 1 is 1.41 bits per heavy atom. The Morgan fingerprint density at radius 3 is 3.12 bits per heavy atom. The molecule has 3 rings (SSSR count). The van der Waals surface area contributed by atoms with Gasteiger partial charge in [-0.3, -0.25) is 4.98 Å². The third-order valence-electron chi connectivity index (χ3n) is 3.01. The van der Waals surface area contributed by atoms with Gasteiger partial charge in [0, 0.05) is 28.8 Å². The molecule has 3 heterocycles. The molecular formula is C12H12BrN3S. The van der Waals surface area contributed by atoms with E-state index in [-0.39, 0.29) is 0 Å². The molecule has 1 aliphatic heterocycles. The second-order valence-electron chi connectivity index (χ2n) is 4.08. The van der Waals surface area contributed by atoms with E-state index >= 15 is 0 Å². The van der Waals surface area contributed by atoms with Crippen LogP contribution in [0, 0.1) is 0 Å². The minimum Gasteiger partial charge on any atom is -0.361 e. The van der Waals surface area contributed by atoms with Crippen LogP contribution in [-0.2, 0) is 0 Å². The van der Waals surface area contributed by atoms with Gasteiger partial charge < -0.3 is 4.90 Å². The molecule has 0 aromatic carbocycles. The highest BCUT2D eigenvalue weighted by molar-refractivity contribution is 9.10. The summed E-state index contributed by atoms with van der Waals surface area (Å²) in [4.78, 5) is 11.1. The number of hydrogen-bond acceptors (Lipinski definition) is 4. The Labute approximate surface area is 113 Å². The Balaban J connectivity index is 1.92. The summed E-state index contributed by atoms with van der Waals surface area (Å²) >= 11 is 5.21. The van der Waals surface area contributed by atoms with Gasteiger partial charge in [-0.05, 0) is 34.8 Å². The first-order valence-corrected chi connectivity index (χ1v) is 7.28. The monoisotopic (exact) mass is 309 g/mol. The second kappa shape index (κ2) is 4.74. The molecule has 0 radical (unpaired) electrons. The number of halogens is 1. The lowest BCUT2D eigenvalue weighted by Gasteiger charge is -2.25. The summed E-state index contributed by atoms with van der Waals surface area (Å²) < 4.78 is 1.03. The van der Waals surface area contributed by atoms with E-state index in [9.17, 15) is 0 Å². The summed E-state index contributed by atoms with van der Waals surface area (Å²) in [5.74, 6) is 0. The first-order valence-electron chi connectivity index (χ1n) is 5.61. The van der Waals surface area contributed by atoms with Crippen molar-refractivity contribution in [1.29, 1.82) is 0 Å². The normalized spacial score (nSPS) is 19.8. The summed E-state index contributed by atoms with van der Waals surface area (Å²) in [6, 6.07) is 2.55. The second-order valence-corrected chi connectivity index (χ2v) is 5.92. The molecule has 2 aromatic rings. The van der Waals surface area contributed by atoms with Gasteiger partial charge in [-0.15, -0.1) is 11.3 Å². The molecule has 0 bridgehead atoms. The average Bonchev–Trinajstić information content (AvgIpc) is 3.00. The summed E-state index contributed by atoms with van der Waals surface area (Å²) in [5, 5.41) is 3.26. The molecule has 0 amide bonds. The lowest BCUT2D eigenvalue weighted by atomic mass is 10.2. The molecule has 5 heteroatoms. The van der Waals surface area contributed by atoms with Crippen LogP contribution >= 0.6 is 27.3 Å². The van der Waals surface area contributed by atoms with Gasteiger partial charge in [-0.2, -0.15) is 0 Å². The van der Waals surface area contributed by atoms with Gasteiger partial charge in [-0.1, -0.05) is 0 Å². The molecule has 1 atom stereocenters. The van der Waals surface area contributed by atoms with Gasteiger partial charge >= 0.3 is 0 Å². The van der Waals surface area contributed by atoms with Crippen LogP contribution in [0.3, 0.4) is 0 Å². The molecule has 1 aliphatic rings. The molecule has 0 saturated carbocycles. The maximum absolute atomic E-state index is 4.44. The fourth-order valence-corrected chi connectivity index (χ4v) is 3.43. The van der Waals surface area contributed by atoms with Crippen LogP contribution < -0.4 is 4.90 Å². The van der Waals surface area contributed by atoms with Crippen molar-refractivity contribution in [2.24, 2.45) is 0 Å². The standard InChI is InChI=1S/C12H12BrN3S/c13-9-6-10(8-14-7-9)16-4-1-2-11(16)12-15-3-5-17-12/h3,5-8,11H,1-2,4H2/t11-/m1/s1. The lowest BCUT2D eigenvalue weighted by Crippen LogP contribution is -2.22. The van der Waals surface area contributed by atoms with Crippen molar-refractivity contribution in [3.05, 3.63) is 39.5 Å². The quantitative estimate of drug-likeness (QED) is 0.848. The van der Waals surface area contributed by atoms with Crippen molar-refractivity contribution < 1.29 is 0 Å². The molecular weight excluding hydrogens is 298 g/mol. The topological polar surface area (TPSA) is 29.0 Å². The van der Waals surface area contributed by atoms with Crippen LogP contribution in [0.1, 0.15) is 23.9 Å². The van der Waals surface area contributed by atoms with Crippen molar-refractivity contribution in [3.63, 3.8) is 0 Å². The fraction of sp³-hybridized carbons (Fsp3) is 0.333. The van der Waals surface area contributed by atoms with Gasteiger partial charge in [0.2, 0.25) is 0 Å². The Hall–Kier alpha value is -0.940. The molecule has 0 N–H and O–H groups in total. The zero-order chi connectivity index (χ0) is 11.7. The van der Waals surface area contributed by atoms with Crippen molar-refractivity contribution in [3.8, 4) is 0 Å². The minimum atomic E-state index is 0.422. The predicted octanol–water partition coefficient (Wildman–Crippen LogP) is 3.64. The number of anilines is 1. The van der Waals surface area contributed by atoms with Crippen molar-refractivity contribution in [1.82, 2.24) is 9.97 Å². The van der Waals surface area contributed by atoms with Crippen molar-refractivity contribution in [2.45, 2.75) is 18.9 Å². The highest BCUT2D eigenvalue weighted by Crippen LogP contribution is 2.37. The van der Waals surface area contributed by atoms with E-state index in [0.29, 0.717) is 6.04 Å². The largest absolute Gasteiger partial charge is 0.361 e. The zero-order valence-electron chi connectivity index (χ0n) is 9.21. The van der Waals surface area contributed by atoms with E-state index in [4.69, 9.17) is 0 Å². The van der Waals surface area contributed by atoms with E-state index in [1.54, 1.807) is 11.3 Å². The Kier molecular flexibility index (Phi) is 3.11. The molecule has 17 heavy (non-hydrogen) atoms. The van der Waals surface area contributed by atoms with Gasteiger partial charge in [0.05, 0.1) is 17.9 Å². The molecule has 3 nitrogen and oxygen atoms in total. The van der Waals surface area contributed by atoms with E-state index in [2.05, 4.69) is 36.9 Å². The van der Waals surface area contributed by atoms with E-state index < -0.39 is 0 Å². The molecule has 1 fully saturated rings. The number of hydrogen-bond donors (Lipinski definition) is 0. The maximum atomic E-state index is 4.44. The molecule has 0 unspecified atom stereocenters. The van der Waals surface area contributed by atoms with Crippen LogP contribution in [0.15, 0.2) is 34.5 Å². The van der Waals surface area contributed by atoms with Crippen LogP contribution in [-0.4, -0.2) is 16.5 Å². The van der Waals surface area contributed by atoms with Crippen molar-refractivity contribution >= 4 is 33.0 Å². The summed E-state index contributed by atoms with van der Waals surface area (Å²) in [5.41, 5.74) is 1.18. The predicted molar refractivity (Wildman–Crippen MR) is 73.4 cm³/mol. The van der Waals surface area contributed by atoms with Gasteiger partial charge in [0.25, 0.3) is 0 Å². The number of aromatic nitrogens is 2. The van der Waals surface area contributed by atoms with Crippen LogP contribution in [0.25, 0.3) is 0 Å². The van der Waals surface area contributed by atoms with Crippen molar-refractivity contribution in [2.75, 3.05) is 11.4 Å². The third kappa shape index (κ3) is 2.21. The minimum absolute atomic E-state index is 0.422. The van der Waals surface area contributed by atoms with Crippen LogP contribution in [0.5, 0.6) is 0 Å². The summed E-state index contributed by atoms with van der Waals surface area (Å²) in [6.07, 6.45) is 8.03. The molecule has 0 aliphatic carbocycles. The molecule has 0 spiro atoms. The summed E-state index contributed by atoms with van der Waals surface area (Å²) in [7, 11) is 0. The first kappa shape index (κ1) is 11.2. The fourth-order valence-electron chi connectivity index (χ4n) is 2.29. The van der Waals surface area contributed by atoms with E-state index in [0.717, 1.165) is 11.0 Å². The van der Waals surface area contributed by atoms with Crippen LogP contribution in [0.2, 0.25) is 0 Å². The van der Waals surface area contributed by atoms with E-state index in [1.807, 2.05) is 24.0 Å². The smallest absolute Gasteiger partial charge is 0.115 e. The Bertz CT molecular complexity index is 500. The Morgan fingerprint density at radius 2 is 2.35 bits per heavy atom. The SMILES string of the molecule is Brc1cncc(N2CCC[C@@H]2c2nccs2)c1. The molecule has 88 valence electrons. The van der Waals surface area contributed by atoms with E-state index in [1.165, 1.54) is 23.5 Å². The lowest BCUT2D eigenvalue weighted by molar-refractivity contribution is 0.711. The third-order valence-corrected chi connectivity index (χ3v) is 4.32. The van der Waals surface area contributed by atoms with Crippen LogP contribution in [0.4, 0.5) is 5.69 Å². The highest BCUT2D eigenvalue weighted by atomic mass is 79.9. The number of rotatable bonds is 2. The van der Waals surface area contributed by atoms with Gasteiger partial charge in [-0.25, -0.2) is 4.98 Å². The van der Waals surface area contributed by atoms with Gasteiger partial charge in [0.15, 0.2) is 0 Å². The summed E-state index contributed by atoms with van der Waals surface area (Å²) in [6.45, 7) is 1.09. The molecule has 1 saturated heterocycles. The number of pyridine rings is 1. The highest BCUT2D eigenvalue weighted by Gasteiger charge is 2.28.